The van der Waals surface area contributed by atoms with Gasteiger partial charge in [0.1, 0.15) is 0 Å². The van der Waals surface area contributed by atoms with Gasteiger partial charge in [0.15, 0.2) is 23.9 Å². The van der Waals surface area contributed by atoms with Gasteiger partial charge < -0.3 is 9.13 Å². The van der Waals surface area contributed by atoms with E-state index in [1.807, 2.05) is 4.57 Å². The van der Waals surface area contributed by atoms with Crippen molar-refractivity contribution in [2.24, 2.45) is 5.92 Å². The summed E-state index contributed by atoms with van der Waals surface area (Å²) in [5, 5.41) is 0.903. The molecule has 5 heterocycles. The van der Waals surface area contributed by atoms with E-state index in [1.165, 1.54) is 36.9 Å². The second kappa shape index (κ2) is 3.38. The van der Waals surface area contributed by atoms with E-state index in [-0.39, 0.29) is 5.60 Å². The van der Waals surface area contributed by atoms with Gasteiger partial charge in [-0.3, -0.25) is 4.57 Å². The molecule has 1 unspecified atom stereocenters. The summed E-state index contributed by atoms with van der Waals surface area (Å²) in [6.45, 7) is 4.78. The van der Waals surface area contributed by atoms with E-state index in [0.29, 0.717) is 30.2 Å². The van der Waals surface area contributed by atoms with Crippen LogP contribution in [0.3, 0.4) is 0 Å². The number of nitrogens with zero attached hydrogens (tertiary/aromatic N) is 3. The molecule has 3 fully saturated rings. The van der Waals surface area contributed by atoms with Crippen LogP contribution in [0.4, 0.5) is 0 Å². The topological polar surface area (TPSA) is 27.1 Å². The predicted molar refractivity (Wildman–Crippen MR) is 73.1 cm³/mol. The molecule has 0 aromatic carbocycles. The van der Waals surface area contributed by atoms with Gasteiger partial charge in [0, 0.05) is 19.0 Å². The Morgan fingerprint density at radius 2 is 2.11 bits per heavy atom. The number of aromatic nitrogens is 2. The maximum absolute atomic E-state index is 6.24. The Balaban J connectivity index is 1.72. The molecule has 98 valence electrons. The first-order valence-electron chi connectivity index (χ1n) is 6.01. The second-order valence-corrected chi connectivity index (χ2v) is 6.00. The minimum absolute atomic E-state index is 0.0329. The van der Waals surface area contributed by atoms with Crippen molar-refractivity contribution in [2.45, 2.75) is 25.0 Å². The fourth-order valence-electron chi connectivity index (χ4n) is 3.50. The lowest BCUT2D eigenvalue weighted by Gasteiger charge is -2.60. The molecule has 0 aliphatic carbocycles. The van der Waals surface area contributed by atoms with Crippen molar-refractivity contribution in [2.75, 3.05) is 19.6 Å². The van der Waals surface area contributed by atoms with Crippen LogP contribution in [0.1, 0.15) is 12.8 Å². The van der Waals surface area contributed by atoms with Crippen molar-refractivity contribution in [3.05, 3.63) is 10.3 Å². The van der Waals surface area contributed by atoms with E-state index in [4.69, 9.17) is 27.9 Å². The van der Waals surface area contributed by atoms with Crippen LogP contribution in [-0.2, 0) is 6.54 Å². The zero-order valence-corrected chi connectivity index (χ0v) is 10.8. The number of hydrogen-bond donors (Lipinski definition) is 0. The SMILES string of the molecule is [BH3-][N+]12CCC(CC1)C1(Cn3c(nc(Cl)c3Cl)O1)C2. The van der Waals surface area contributed by atoms with E-state index in [2.05, 4.69) is 4.98 Å². The Morgan fingerprint density at radius 3 is 2.72 bits per heavy atom. The molecule has 4 nitrogen and oxygen atoms in total. The summed E-state index contributed by atoms with van der Waals surface area (Å²) < 4.78 is 9.57. The number of piperidine rings is 3. The van der Waals surface area contributed by atoms with Crippen LogP contribution in [0.15, 0.2) is 0 Å². The van der Waals surface area contributed by atoms with Crippen LogP contribution in [0.2, 0.25) is 10.3 Å². The van der Waals surface area contributed by atoms with Crippen molar-refractivity contribution in [3.8, 4) is 6.01 Å². The fourth-order valence-corrected chi connectivity index (χ4v) is 3.85. The van der Waals surface area contributed by atoms with E-state index < -0.39 is 0 Å². The normalized spacial score (nSPS) is 41.2. The third-order valence-electron chi connectivity index (χ3n) is 4.38. The van der Waals surface area contributed by atoms with Crippen molar-refractivity contribution in [3.63, 3.8) is 0 Å². The van der Waals surface area contributed by atoms with Crippen LogP contribution >= 0.6 is 23.2 Å². The fraction of sp³-hybridized carbons (Fsp3) is 0.727. The minimum Gasteiger partial charge on any atom is -0.519 e. The highest BCUT2D eigenvalue weighted by molar-refractivity contribution is 6.40. The molecule has 2 bridgehead atoms. The molecule has 0 amide bonds. The molecule has 1 spiro atoms. The molecule has 7 heteroatoms. The van der Waals surface area contributed by atoms with Crippen LogP contribution in [-0.4, -0.2) is 47.2 Å². The van der Waals surface area contributed by atoms with Gasteiger partial charge in [-0.2, -0.15) is 4.98 Å². The number of fused-ring (bicyclic) bond motifs is 3. The molecular weight excluding hydrogens is 272 g/mol. The lowest BCUT2D eigenvalue weighted by molar-refractivity contribution is -0.845. The van der Waals surface area contributed by atoms with Crippen LogP contribution in [0, 0.1) is 5.92 Å². The van der Waals surface area contributed by atoms with Crippen LogP contribution in [0.25, 0.3) is 0 Å². The second-order valence-electron chi connectivity index (χ2n) is 5.28. The first-order valence-corrected chi connectivity index (χ1v) is 6.76. The maximum atomic E-state index is 6.24. The summed E-state index contributed by atoms with van der Waals surface area (Å²) in [5.41, 5.74) is -0.0329. The van der Waals surface area contributed by atoms with Crippen molar-refractivity contribution in [1.29, 1.82) is 0 Å². The van der Waals surface area contributed by atoms with Crippen molar-refractivity contribution >= 4 is 31.2 Å². The Bertz CT molecular complexity index is 527. The number of hydrogen-bond acceptors (Lipinski definition) is 2. The molecule has 4 aliphatic heterocycles. The summed E-state index contributed by atoms with van der Waals surface area (Å²) >= 11 is 12.1. The van der Waals surface area contributed by atoms with Gasteiger partial charge in [-0.05, 0) is 12.8 Å². The van der Waals surface area contributed by atoms with E-state index in [1.54, 1.807) is 0 Å². The maximum Gasteiger partial charge on any atom is 0.299 e. The van der Waals surface area contributed by atoms with Gasteiger partial charge in [-0.15, -0.1) is 0 Å². The quantitative estimate of drug-likeness (QED) is 0.662. The standard InChI is InChI=1S/C11H16BCl2N3O/c12-17-3-1-7(2-4-17)11(6-17)5-16-9(14)8(13)15-10(16)18-11/h7H,1-6H2,12H3. The molecule has 1 atom stereocenters. The van der Waals surface area contributed by atoms with E-state index in [9.17, 15) is 0 Å². The average Bonchev–Trinajstić information content (AvgIpc) is 2.77. The van der Waals surface area contributed by atoms with E-state index >= 15 is 0 Å². The molecule has 0 saturated carbocycles. The molecule has 5 rings (SSSR count). The molecule has 1 aromatic heterocycles. The minimum atomic E-state index is -0.0329. The first kappa shape index (κ1) is 11.4. The van der Waals surface area contributed by atoms with Crippen molar-refractivity contribution < 1.29 is 9.13 Å². The Morgan fingerprint density at radius 1 is 1.39 bits per heavy atom. The zero-order chi connectivity index (χ0) is 12.5. The smallest absolute Gasteiger partial charge is 0.299 e. The lowest BCUT2D eigenvalue weighted by Crippen LogP contribution is -2.70. The van der Waals surface area contributed by atoms with Gasteiger partial charge in [0.25, 0.3) is 6.01 Å². The highest BCUT2D eigenvalue weighted by Crippen LogP contribution is 2.47. The van der Waals surface area contributed by atoms with Gasteiger partial charge in [-0.25, -0.2) is 0 Å². The highest BCUT2D eigenvalue weighted by atomic mass is 35.5. The molecule has 0 N–H and O–H groups in total. The Labute approximate surface area is 117 Å². The number of quaternary nitrogens is 1. The van der Waals surface area contributed by atoms with Crippen molar-refractivity contribution in [1.82, 2.24) is 9.55 Å². The molecule has 0 radical (unpaired) electrons. The summed E-state index contributed by atoms with van der Waals surface area (Å²) in [4.78, 5) is 4.23. The third kappa shape index (κ3) is 1.35. The van der Waals surface area contributed by atoms with Gasteiger partial charge in [0.2, 0.25) is 0 Å². The molecular formula is C11H16BCl2N3O. The third-order valence-corrected chi connectivity index (χ3v) is 5.12. The average molecular weight is 288 g/mol. The summed E-state index contributed by atoms with van der Waals surface area (Å²) in [6, 6.07) is 0.630. The summed E-state index contributed by atoms with van der Waals surface area (Å²) in [6.07, 6.45) is 2.61. The number of rotatable bonds is 0. The Hall–Kier alpha value is -0.385. The Kier molecular flexibility index (Phi) is 2.15. The van der Waals surface area contributed by atoms with Gasteiger partial charge in [-0.1, -0.05) is 23.2 Å². The number of imidazole rings is 1. The lowest BCUT2D eigenvalue weighted by atomic mass is 9.72. The summed E-state index contributed by atoms with van der Waals surface area (Å²) in [5.74, 6) is 0.673. The van der Waals surface area contributed by atoms with Gasteiger partial charge >= 0.3 is 0 Å². The van der Waals surface area contributed by atoms with Crippen LogP contribution in [0.5, 0.6) is 6.01 Å². The first-order chi connectivity index (χ1) is 8.51. The van der Waals surface area contributed by atoms with E-state index in [0.717, 1.165) is 6.54 Å². The predicted octanol–water partition coefficient (Wildman–Crippen LogP) is 0.842. The molecule has 3 saturated heterocycles. The largest absolute Gasteiger partial charge is 0.519 e. The molecule has 4 aliphatic rings. The van der Waals surface area contributed by atoms with Gasteiger partial charge in [0.05, 0.1) is 13.1 Å². The molecule has 18 heavy (non-hydrogen) atoms. The highest BCUT2D eigenvalue weighted by Gasteiger charge is 2.56. The van der Waals surface area contributed by atoms with Crippen LogP contribution < -0.4 is 4.74 Å². The number of ether oxygens (including phenoxy) is 1. The molecule has 1 aromatic rings. The summed E-state index contributed by atoms with van der Waals surface area (Å²) in [7, 11) is 0.299. The monoisotopic (exact) mass is 287 g/mol. The zero-order valence-electron chi connectivity index (χ0n) is 9.33. The number of halogens is 2.